The summed E-state index contributed by atoms with van der Waals surface area (Å²) in [5.41, 5.74) is 0. The molecule has 0 saturated carbocycles. The number of aryl methyl sites for hydroxylation is 2. The minimum atomic E-state index is 0.198. The second kappa shape index (κ2) is 5.07. The van der Waals surface area contributed by atoms with Crippen molar-refractivity contribution >= 4 is 5.91 Å². The summed E-state index contributed by atoms with van der Waals surface area (Å²) in [6.07, 6.45) is 1.12. The maximum atomic E-state index is 11.8. The standard InChI is InChI=1S/C10H17N5O/c1-8-12-9(14-13-8)2-3-10(16)15-6-4-11-5-7-15/h11H,2-7H2,1H3,(H,12,13,14). The third-order valence-corrected chi connectivity index (χ3v) is 2.68. The minimum Gasteiger partial charge on any atom is -0.340 e. The highest BCUT2D eigenvalue weighted by atomic mass is 16.2. The van der Waals surface area contributed by atoms with Crippen LogP contribution in [0.25, 0.3) is 0 Å². The molecule has 1 saturated heterocycles. The Morgan fingerprint density at radius 2 is 2.19 bits per heavy atom. The van der Waals surface area contributed by atoms with Gasteiger partial charge in [0.2, 0.25) is 5.91 Å². The number of carbonyl (C=O) groups excluding carboxylic acids is 1. The van der Waals surface area contributed by atoms with Crippen molar-refractivity contribution in [3.8, 4) is 0 Å². The molecule has 0 radical (unpaired) electrons. The number of piperazine rings is 1. The van der Waals surface area contributed by atoms with E-state index in [1.807, 2.05) is 11.8 Å². The van der Waals surface area contributed by atoms with Gasteiger partial charge in [-0.1, -0.05) is 0 Å². The quantitative estimate of drug-likeness (QED) is 0.723. The number of nitrogens with one attached hydrogen (secondary N) is 2. The van der Waals surface area contributed by atoms with E-state index in [0.29, 0.717) is 12.8 Å². The summed E-state index contributed by atoms with van der Waals surface area (Å²) in [6, 6.07) is 0. The molecular formula is C10H17N5O. The summed E-state index contributed by atoms with van der Waals surface area (Å²) in [5, 5.41) is 10.0. The number of aromatic nitrogens is 3. The molecule has 0 aliphatic carbocycles. The van der Waals surface area contributed by atoms with Gasteiger partial charge in [-0.2, -0.15) is 5.10 Å². The number of aromatic amines is 1. The van der Waals surface area contributed by atoms with Crippen LogP contribution in [0.15, 0.2) is 0 Å². The van der Waals surface area contributed by atoms with Gasteiger partial charge in [-0.15, -0.1) is 0 Å². The summed E-state index contributed by atoms with van der Waals surface area (Å²) in [7, 11) is 0. The highest BCUT2D eigenvalue weighted by molar-refractivity contribution is 5.76. The lowest BCUT2D eigenvalue weighted by Crippen LogP contribution is -2.46. The second-order valence-corrected chi connectivity index (χ2v) is 3.97. The van der Waals surface area contributed by atoms with E-state index in [2.05, 4.69) is 20.5 Å². The third-order valence-electron chi connectivity index (χ3n) is 2.68. The molecular weight excluding hydrogens is 206 g/mol. The van der Waals surface area contributed by atoms with E-state index in [4.69, 9.17) is 0 Å². The van der Waals surface area contributed by atoms with Crippen LogP contribution in [0, 0.1) is 6.92 Å². The Bertz CT molecular complexity index is 356. The molecule has 0 aromatic carbocycles. The maximum absolute atomic E-state index is 11.8. The number of hydrogen-bond acceptors (Lipinski definition) is 4. The monoisotopic (exact) mass is 223 g/mol. The molecule has 6 nitrogen and oxygen atoms in total. The van der Waals surface area contributed by atoms with Crippen molar-refractivity contribution < 1.29 is 4.79 Å². The van der Waals surface area contributed by atoms with E-state index in [-0.39, 0.29) is 5.91 Å². The van der Waals surface area contributed by atoms with Gasteiger partial charge in [0, 0.05) is 39.0 Å². The summed E-state index contributed by atoms with van der Waals surface area (Å²) >= 11 is 0. The van der Waals surface area contributed by atoms with Crippen LogP contribution in [0.5, 0.6) is 0 Å². The first kappa shape index (κ1) is 11.1. The SMILES string of the molecule is Cc1nc(CCC(=O)N2CCNCC2)n[nH]1. The Labute approximate surface area is 94.4 Å². The van der Waals surface area contributed by atoms with Crippen molar-refractivity contribution in [1.82, 2.24) is 25.4 Å². The molecule has 0 unspecified atom stereocenters. The number of hydrogen-bond donors (Lipinski definition) is 2. The number of rotatable bonds is 3. The van der Waals surface area contributed by atoms with Crippen LogP contribution < -0.4 is 5.32 Å². The molecule has 2 N–H and O–H groups in total. The van der Waals surface area contributed by atoms with Gasteiger partial charge >= 0.3 is 0 Å². The molecule has 1 fully saturated rings. The molecule has 88 valence electrons. The predicted octanol–water partition coefficient (Wildman–Crippen LogP) is -0.522. The Balaban J connectivity index is 1.78. The number of H-pyrrole nitrogens is 1. The van der Waals surface area contributed by atoms with Crippen LogP contribution in [0.3, 0.4) is 0 Å². The molecule has 1 aromatic rings. The van der Waals surface area contributed by atoms with Gasteiger partial charge in [-0.25, -0.2) is 4.98 Å². The normalized spacial score (nSPS) is 16.4. The Morgan fingerprint density at radius 3 is 2.81 bits per heavy atom. The largest absolute Gasteiger partial charge is 0.340 e. The molecule has 0 bridgehead atoms. The number of amides is 1. The van der Waals surface area contributed by atoms with Gasteiger partial charge in [-0.05, 0) is 6.92 Å². The smallest absolute Gasteiger partial charge is 0.223 e. The molecule has 1 aromatic heterocycles. The van der Waals surface area contributed by atoms with Gasteiger partial charge in [0.1, 0.15) is 5.82 Å². The summed E-state index contributed by atoms with van der Waals surface area (Å²) < 4.78 is 0. The fraction of sp³-hybridized carbons (Fsp3) is 0.700. The van der Waals surface area contributed by atoms with Crippen molar-refractivity contribution in [2.75, 3.05) is 26.2 Å². The van der Waals surface area contributed by atoms with Gasteiger partial charge in [-0.3, -0.25) is 9.89 Å². The average molecular weight is 223 g/mol. The number of nitrogens with zero attached hydrogens (tertiary/aromatic N) is 3. The highest BCUT2D eigenvalue weighted by Gasteiger charge is 2.16. The highest BCUT2D eigenvalue weighted by Crippen LogP contribution is 2.01. The van der Waals surface area contributed by atoms with Crippen molar-refractivity contribution in [3.63, 3.8) is 0 Å². The van der Waals surface area contributed by atoms with E-state index in [1.165, 1.54) is 0 Å². The van der Waals surface area contributed by atoms with Crippen molar-refractivity contribution in [2.45, 2.75) is 19.8 Å². The van der Waals surface area contributed by atoms with Crippen LogP contribution >= 0.6 is 0 Å². The van der Waals surface area contributed by atoms with Gasteiger partial charge in [0.25, 0.3) is 0 Å². The van der Waals surface area contributed by atoms with E-state index >= 15 is 0 Å². The summed E-state index contributed by atoms with van der Waals surface area (Å²) in [6.45, 7) is 5.27. The molecule has 6 heteroatoms. The first-order valence-electron chi connectivity index (χ1n) is 5.62. The lowest BCUT2D eigenvalue weighted by molar-refractivity contribution is -0.131. The minimum absolute atomic E-state index is 0.198. The van der Waals surface area contributed by atoms with Crippen LogP contribution in [0.1, 0.15) is 18.1 Å². The molecule has 1 aliphatic heterocycles. The zero-order chi connectivity index (χ0) is 11.4. The van der Waals surface area contributed by atoms with Crippen LogP contribution in [-0.2, 0) is 11.2 Å². The van der Waals surface area contributed by atoms with Crippen LogP contribution in [0.4, 0.5) is 0 Å². The van der Waals surface area contributed by atoms with Crippen molar-refractivity contribution in [1.29, 1.82) is 0 Å². The Kier molecular flexibility index (Phi) is 3.51. The molecule has 2 heterocycles. The van der Waals surface area contributed by atoms with Crippen molar-refractivity contribution in [3.05, 3.63) is 11.6 Å². The molecule has 1 aliphatic rings. The number of carbonyl (C=O) groups is 1. The fourth-order valence-electron chi connectivity index (χ4n) is 1.79. The first-order chi connectivity index (χ1) is 7.75. The summed E-state index contributed by atoms with van der Waals surface area (Å²) in [4.78, 5) is 17.9. The molecule has 0 atom stereocenters. The van der Waals surface area contributed by atoms with Crippen molar-refractivity contribution in [2.24, 2.45) is 0 Å². The fourth-order valence-corrected chi connectivity index (χ4v) is 1.79. The zero-order valence-corrected chi connectivity index (χ0v) is 9.49. The average Bonchev–Trinajstić information content (AvgIpc) is 2.73. The topological polar surface area (TPSA) is 73.9 Å². The predicted molar refractivity (Wildman–Crippen MR) is 58.9 cm³/mol. The van der Waals surface area contributed by atoms with Gasteiger partial charge < -0.3 is 10.2 Å². The van der Waals surface area contributed by atoms with Gasteiger partial charge in [0.05, 0.1) is 0 Å². The van der Waals surface area contributed by atoms with Crippen LogP contribution in [-0.4, -0.2) is 52.2 Å². The van der Waals surface area contributed by atoms with E-state index in [0.717, 1.165) is 37.8 Å². The molecule has 0 spiro atoms. The Morgan fingerprint density at radius 1 is 1.44 bits per heavy atom. The first-order valence-corrected chi connectivity index (χ1v) is 5.62. The van der Waals surface area contributed by atoms with E-state index in [9.17, 15) is 4.79 Å². The third kappa shape index (κ3) is 2.79. The zero-order valence-electron chi connectivity index (χ0n) is 9.49. The van der Waals surface area contributed by atoms with Gasteiger partial charge in [0.15, 0.2) is 5.82 Å². The maximum Gasteiger partial charge on any atom is 0.223 e. The lowest BCUT2D eigenvalue weighted by Gasteiger charge is -2.27. The second-order valence-electron chi connectivity index (χ2n) is 3.97. The van der Waals surface area contributed by atoms with E-state index in [1.54, 1.807) is 0 Å². The molecule has 2 rings (SSSR count). The lowest BCUT2D eigenvalue weighted by atomic mass is 10.2. The Hall–Kier alpha value is -1.43. The molecule has 1 amide bonds. The summed E-state index contributed by atoms with van der Waals surface area (Å²) in [5.74, 6) is 1.72. The molecule has 16 heavy (non-hydrogen) atoms. The van der Waals surface area contributed by atoms with E-state index < -0.39 is 0 Å². The van der Waals surface area contributed by atoms with Crippen LogP contribution in [0.2, 0.25) is 0 Å².